The Morgan fingerprint density at radius 2 is 1.97 bits per heavy atom. The number of carboxylic acid groups (broad SMARTS) is 1. The monoisotopic (exact) mass is 526 g/mol. The Morgan fingerprint density at radius 3 is 2.59 bits per heavy atom. The molecule has 0 saturated heterocycles. The minimum absolute atomic E-state index is 0.0532. The van der Waals surface area contributed by atoms with Crippen molar-refractivity contribution in [2.24, 2.45) is 22.7 Å². The fraction of sp³-hybridized carbons (Fsp3) is 0.719. The fourth-order valence-corrected chi connectivity index (χ4v) is 9.65. The standard InChI is InChI=1S/C32H50O4Si/c1-9-32-19-18-22-20-24(35-6)14-15-25(22)29(32)23(12-10-11-13-28(33)34)21-31(5)26(32)16-17-27(31)36-37(7,8)30(2,3)4/h9,14-15,20,23,26-27,29H,1,10-13,16-19,21H2,2-8H3,(H,33,34)/t23-,26?,27-,29?,31-,32?/m0/s1. The van der Waals surface area contributed by atoms with Crippen molar-refractivity contribution in [3.05, 3.63) is 42.0 Å². The molecule has 0 spiro atoms. The second-order valence-electron chi connectivity index (χ2n) is 14.0. The zero-order chi connectivity index (χ0) is 27.2. The second kappa shape index (κ2) is 10.2. The molecule has 0 amide bonds. The van der Waals surface area contributed by atoms with E-state index in [1.165, 1.54) is 17.5 Å². The van der Waals surface area contributed by atoms with Crippen molar-refractivity contribution in [1.82, 2.24) is 0 Å². The highest BCUT2D eigenvalue weighted by Gasteiger charge is 2.64. The molecular weight excluding hydrogens is 476 g/mol. The molecule has 5 heteroatoms. The van der Waals surface area contributed by atoms with E-state index in [1.54, 1.807) is 7.11 Å². The van der Waals surface area contributed by atoms with E-state index in [-0.39, 0.29) is 28.4 Å². The predicted octanol–water partition coefficient (Wildman–Crippen LogP) is 8.37. The summed E-state index contributed by atoms with van der Waals surface area (Å²) in [5, 5.41) is 9.42. The first-order valence-corrected chi connectivity index (χ1v) is 17.4. The van der Waals surface area contributed by atoms with Gasteiger partial charge in [-0.15, -0.1) is 6.58 Å². The number of allylic oxidation sites excluding steroid dienone is 1. The molecule has 37 heavy (non-hydrogen) atoms. The summed E-state index contributed by atoms with van der Waals surface area (Å²) in [6.07, 6.45) is 11.3. The van der Waals surface area contributed by atoms with E-state index in [0.717, 1.165) is 50.7 Å². The number of methoxy groups -OCH3 is 1. The van der Waals surface area contributed by atoms with Crippen LogP contribution in [0.4, 0.5) is 0 Å². The molecule has 2 fully saturated rings. The van der Waals surface area contributed by atoms with Gasteiger partial charge >= 0.3 is 5.97 Å². The van der Waals surface area contributed by atoms with E-state index in [9.17, 15) is 9.90 Å². The summed E-state index contributed by atoms with van der Waals surface area (Å²) in [6, 6.07) is 6.70. The SMILES string of the molecule is C=CC12CCc3cc(OC)ccc3C1[C@@H](CCCCC(=O)O)C[C@@]1(C)C2CC[C@@H]1O[Si](C)(C)C(C)(C)C. The molecule has 3 aliphatic rings. The van der Waals surface area contributed by atoms with E-state index >= 15 is 0 Å². The number of carboxylic acids is 1. The van der Waals surface area contributed by atoms with Gasteiger partial charge in [-0.2, -0.15) is 0 Å². The maximum absolute atomic E-state index is 11.2. The Kier molecular flexibility index (Phi) is 7.82. The van der Waals surface area contributed by atoms with Gasteiger partial charge in [0.05, 0.1) is 13.2 Å². The number of aryl methyl sites for hydroxylation is 1. The van der Waals surface area contributed by atoms with Crippen LogP contribution in [0.2, 0.25) is 18.1 Å². The molecule has 206 valence electrons. The second-order valence-corrected chi connectivity index (χ2v) is 18.7. The van der Waals surface area contributed by atoms with E-state index in [1.807, 2.05) is 0 Å². The summed E-state index contributed by atoms with van der Waals surface area (Å²) in [6.45, 7) is 18.9. The van der Waals surface area contributed by atoms with Crippen molar-refractivity contribution in [2.45, 2.75) is 116 Å². The summed E-state index contributed by atoms with van der Waals surface area (Å²) < 4.78 is 12.8. The summed E-state index contributed by atoms with van der Waals surface area (Å²) in [5.74, 6) is 1.72. The number of rotatable bonds is 9. The maximum Gasteiger partial charge on any atom is 0.303 e. The highest BCUT2D eigenvalue weighted by molar-refractivity contribution is 6.74. The predicted molar refractivity (Wildman–Crippen MR) is 154 cm³/mol. The average molecular weight is 527 g/mol. The number of hydrogen-bond acceptors (Lipinski definition) is 3. The molecular formula is C32H50O4Si. The fourth-order valence-electron chi connectivity index (χ4n) is 8.20. The van der Waals surface area contributed by atoms with E-state index in [0.29, 0.717) is 17.8 Å². The number of unbranched alkanes of at least 4 members (excludes halogenated alkanes) is 1. The summed E-state index contributed by atoms with van der Waals surface area (Å²) in [4.78, 5) is 11.2. The molecule has 0 aromatic heterocycles. The number of fused-ring (bicyclic) bond motifs is 5. The lowest BCUT2D eigenvalue weighted by Crippen LogP contribution is -2.56. The Bertz CT molecular complexity index is 1010. The molecule has 0 bridgehead atoms. The number of ether oxygens (including phenoxy) is 1. The first-order chi connectivity index (χ1) is 17.3. The van der Waals surface area contributed by atoms with Gasteiger partial charge in [-0.1, -0.05) is 46.3 Å². The molecule has 1 N–H and O–H groups in total. The molecule has 1 aromatic rings. The van der Waals surface area contributed by atoms with Crippen molar-refractivity contribution in [3.8, 4) is 5.75 Å². The molecule has 4 nitrogen and oxygen atoms in total. The quantitative estimate of drug-likeness (QED) is 0.199. The van der Waals surface area contributed by atoms with Gasteiger partial charge in [0.25, 0.3) is 0 Å². The van der Waals surface area contributed by atoms with Gasteiger partial charge in [0.1, 0.15) is 5.75 Å². The lowest BCUT2D eigenvalue weighted by Gasteiger charge is -2.61. The van der Waals surface area contributed by atoms with Gasteiger partial charge in [-0.25, -0.2) is 0 Å². The zero-order valence-corrected chi connectivity index (χ0v) is 25.4. The molecule has 4 rings (SSSR count). The van der Waals surface area contributed by atoms with Crippen LogP contribution in [0.25, 0.3) is 0 Å². The summed E-state index contributed by atoms with van der Waals surface area (Å²) in [5.41, 5.74) is 3.07. The van der Waals surface area contributed by atoms with Gasteiger partial charge < -0.3 is 14.3 Å². The Morgan fingerprint density at radius 1 is 1.24 bits per heavy atom. The highest BCUT2D eigenvalue weighted by Crippen LogP contribution is 2.70. The molecule has 0 aliphatic heterocycles. The third-order valence-electron chi connectivity index (χ3n) is 11.0. The van der Waals surface area contributed by atoms with E-state index in [2.05, 4.69) is 71.6 Å². The minimum Gasteiger partial charge on any atom is -0.497 e. The molecule has 0 heterocycles. The van der Waals surface area contributed by atoms with Crippen molar-refractivity contribution < 1.29 is 19.1 Å². The van der Waals surface area contributed by atoms with Crippen LogP contribution >= 0.6 is 0 Å². The Hall–Kier alpha value is -1.59. The third-order valence-corrected chi connectivity index (χ3v) is 15.5. The first-order valence-electron chi connectivity index (χ1n) is 14.5. The smallest absolute Gasteiger partial charge is 0.303 e. The Balaban J connectivity index is 1.74. The molecule has 6 atom stereocenters. The van der Waals surface area contributed by atoms with Gasteiger partial charge in [0.2, 0.25) is 0 Å². The molecule has 0 radical (unpaired) electrons. The van der Waals surface area contributed by atoms with Crippen LogP contribution < -0.4 is 4.74 Å². The van der Waals surface area contributed by atoms with Crippen LogP contribution in [0.3, 0.4) is 0 Å². The van der Waals surface area contributed by atoms with Crippen molar-refractivity contribution in [2.75, 3.05) is 7.11 Å². The Labute approximate surface area is 226 Å². The van der Waals surface area contributed by atoms with E-state index < -0.39 is 14.3 Å². The largest absolute Gasteiger partial charge is 0.497 e. The van der Waals surface area contributed by atoms with Gasteiger partial charge in [0.15, 0.2) is 8.32 Å². The maximum atomic E-state index is 11.2. The zero-order valence-electron chi connectivity index (χ0n) is 24.4. The van der Waals surface area contributed by atoms with Crippen molar-refractivity contribution in [3.63, 3.8) is 0 Å². The average Bonchev–Trinajstić information content (AvgIpc) is 3.15. The minimum atomic E-state index is -1.91. The van der Waals surface area contributed by atoms with Gasteiger partial charge in [-0.05, 0) is 115 Å². The lowest BCUT2D eigenvalue weighted by molar-refractivity contribution is -0.137. The molecule has 3 unspecified atom stereocenters. The van der Waals surface area contributed by atoms with Crippen LogP contribution in [-0.4, -0.2) is 32.6 Å². The van der Waals surface area contributed by atoms with Crippen LogP contribution in [0.1, 0.15) is 96.1 Å². The molecule has 1 aromatic carbocycles. The number of aliphatic carboxylic acids is 1. The van der Waals surface area contributed by atoms with Gasteiger partial charge in [0, 0.05) is 6.42 Å². The topological polar surface area (TPSA) is 55.8 Å². The van der Waals surface area contributed by atoms with E-state index in [4.69, 9.17) is 9.16 Å². The van der Waals surface area contributed by atoms with Crippen molar-refractivity contribution >= 4 is 14.3 Å². The molecule has 2 saturated carbocycles. The number of hydrogen-bond donors (Lipinski definition) is 1. The van der Waals surface area contributed by atoms with Crippen LogP contribution in [0.5, 0.6) is 5.75 Å². The van der Waals surface area contributed by atoms with Crippen LogP contribution in [0.15, 0.2) is 30.9 Å². The van der Waals surface area contributed by atoms with Crippen LogP contribution in [0, 0.1) is 22.7 Å². The molecule has 3 aliphatic carbocycles. The highest BCUT2D eigenvalue weighted by atomic mass is 28.4. The number of benzene rings is 1. The normalized spacial score (nSPS) is 33.3. The van der Waals surface area contributed by atoms with Gasteiger partial charge in [-0.3, -0.25) is 4.79 Å². The van der Waals surface area contributed by atoms with Crippen LogP contribution in [-0.2, 0) is 15.6 Å². The third kappa shape index (κ3) is 4.95. The lowest BCUT2D eigenvalue weighted by atomic mass is 9.44. The van der Waals surface area contributed by atoms with Crippen molar-refractivity contribution in [1.29, 1.82) is 0 Å². The summed E-state index contributed by atoms with van der Waals surface area (Å²) >= 11 is 0. The number of carbonyl (C=O) groups is 1. The first kappa shape index (κ1) is 28.4. The summed E-state index contributed by atoms with van der Waals surface area (Å²) in [7, 11) is -0.163.